The Morgan fingerprint density at radius 2 is 2.24 bits per heavy atom. The van der Waals surface area contributed by atoms with Crippen molar-refractivity contribution >= 4 is 35.0 Å². The van der Waals surface area contributed by atoms with Crippen LogP contribution in [0.1, 0.15) is 19.3 Å². The fraction of sp³-hybridized carbons (Fsp3) is 0.556. The first-order chi connectivity index (χ1) is 13.8. The zero-order valence-corrected chi connectivity index (χ0v) is 17.6. The Labute approximate surface area is 175 Å². The molecule has 160 valence electrons. The number of aliphatic imine (C=N–C) groups is 2. The standard InChI is InChI=1S/C18H27ClN7O3/c1-23-12-9-29-7-6-13(12)26(2)18(22)25-17(15(20)16(21)27)24-10-4-5-11(19)14(8-10)28-3/h8,13,15H,4-7,9,20H2,1-3H3,(H3-,21,22,24,25,27)/q-1/t13-,15?/m1/s1. The van der Waals surface area contributed by atoms with Gasteiger partial charge < -0.3 is 41.6 Å². The van der Waals surface area contributed by atoms with Crippen molar-refractivity contribution in [2.75, 3.05) is 34.4 Å². The summed E-state index contributed by atoms with van der Waals surface area (Å²) < 4.78 is 10.6. The highest BCUT2D eigenvalue weighted by Gasteiger charge is 2.23. The van der Waals surface area contributed by atoms with Crippen LogP contribution in [0.3, 0.4) is 0 Å². The van der Waals surface area contributed by atoms with Crippen LogP contribution < -0.4 is 16.8 Å². The Balaban J connectivity index is 2.26. The number of methoxy groups -OCH3 is 1. The molecule has 0 aromatic rings. The van der Waals surface area contributed by atoms with E-state index in [0.29, 0.717) is 49.0 Å². The van der Waals surface area contributed by atoms with E-state index in [1.165, 1.54) is 7.11 Å². The number of nitrogens with one attached hydrogen (secondary N) is 1. The van der Waals surface area contributed by atoms with Gasteiger partial charge in [-0.2, -0.15) is 0 Å². The predicted octanol–water partition coefficient (Wildman–Crippen LogP) is 0.279. The molecule has 1 fully saturated rings. The molecular formula is C18H27ClN7O3-. The second-order valence-electron chi connectivity index (χ2n) is 6.63. The van der Waals surface area contributed by atoms with Gasteiger partial charge in [0.25, 0.3) is 0 Å². The van der Waals surface area contributed by atoms with Crippen LogP contribution in [-0.4, -0.2) is 74.8 Å². The number of amidine groups is 1. The minimum absolute atomic E-state index is 0.0172. The van der Waals surface area contributed by atoms with Gasteiger partial charge in [0.2, 0.25) is 5.91 Å². The minimum atomic E-state index is -1.24. The molecule has 29 heavy (non-hydrogen) atoms. The molecule has 0 aromatic carbocycles. The third kappa shape index (κ3) is 5.78. The number of allylic oxidation sites excluding steroid dienone is 3. The van der Waals surface area contributed by atoms with E-state index in [9.17, 15) is 10.2 Å². The Kier molecular flexibility index (Phi) is 8.18. The third-order valence-corrected chi connectivity index (χ3v) is 5.13. The maximum Gasteiger partial charge on any atom is 0.240 e. The maximum atomic E-state index is 11.7. The van der Waals surface area contributed by atoms with Crippen LogP contribution in [0.4, 0.5) is 0 Å². The number of primary amides is 1. The summed E-state index contributed by atoms with van der Waals surface area (Å²) in [7, 11) is 4.86. The molecule has 10 nitrogen and oxygen atoms in total. The number of halogens is 1. The number of nitrogens with zero attached hydrogens (tertiary/aromatic N) is 4. The minimum Gasteiger partial charge on any atom is -0.495 e. The second kappa shape index (κ2) is 10.4. The van der Waals surface area contributed by atoms with Crippen molar-refractivity contribution in [1.82, 2.24) is 10.2 Å². The average molecular weight is 425 g/mol. The Hall–Kier alpha value is -2.43. The van der Waals surface area contributed by atoms with Gasteiger partial charge in [0.1, 0.15) is 11.8 Å². The van der Waals surface area contributed by atoms with E-state index in [1.54, 1.807) is 25.1 Å². The van der Waals surface area contributed by atoms with Crippen LogP contribution in [0.5, 0.6) is 0 Å². The predicted molar refractivity (Wildman–Crippen MR) is 114 cm³/mol. The molecule has 1 saturated heterocycles. The van der Waals surface area contributed by atoms with E-state index in [2.05, 4.69) is 15.3 Å². The lowest BCUT2D eigenvalue weighted by Gasteiger charge is -2.38. The molecule has 11 heteroatoms. The number of carbonyl (C=O) groups is 1. The van der Waals surface area contributed by atoms with Gasteiger partial charge in [0, 0.05) is 43.1 Å². The van der Waals surface area contributed by atoms with E-state index in [0.717, 1.165) is 5.71 Å². The van der Waals surface area contributed by atoms with Gasteiger partial charge in [0.15, 0.2) is 0 Å². The number of ether oxygens (including phenoxy) is 2. The Bertz CT molecular complexity index is 775. The molecule has 1 amide bonds. The summed E-state index contributed by atoms with van der Waals surface area (Å²) in [5.41, 5.74) is 12.7. The number of amides is 1. The SMILES string of the molecule is CN=C1COCC[C@H]1N(C)C(=[N-])N=C(NC1=CC(OC)=C(Cl)CC1)C(N)C(N)=O. The van der Waals surface area contributed by atoms with Crippen LogP contribution >= 0.6 is 11.6 Å². The summed E-state index contributed by atoms with van der Waals surface area (Å²) in [4.78, 5) is 21.6. The maximum absolute atomic E-state index is 11.7. The summed E-state index contributed by atoms with van der Waals surface area (Å²) in [5.74, 6) is -0.591. The van der Waals surface area contributed by atoms with Crippen LogP contribution in [0, 0.1) is 0 Å². The van der Waals surface area contributed by atoms with Gasteiger partial charge in [-0.3, -0.25) is 9.79 Å². The lowest BCUT2D eigenvalue weighted by Crippen LogP contribution is -2.51. The van der Waals surface area contributed by atoms with Crippen LogP contribution in [0.25, 0.3) is 5.41 Å². The molecule has 2 atom stereocenters. The second-order valence-corrected chi connectivity index (χ2v) is 7.08. The first-order valence-electron chi connectivity index (χ1n) is 9.14. The van der Waals surface area contributed by atoms with E-state index >= 15 is 0 Å². The lowest BCUT2D eigenvalue weighted by molar-refractivity contribution is -0.117. The van der Waals surface area contributed by atoms with Crippen LogP contribution in [0.15, 0.2) is 32.5 Å². The van der Waals surface area contributed by atoms with Crippen LogP contribution in [0.2, 0.25) is 0 Å². The highest BCUT2D eigenvalue weighted by molar-refractivity contribution is 6.30. The summed E-state index contributed by atoms with van der Waals surface area (Å²) in [5, 5.41) is 14.2. The Morgan fingerprint density at radius 3 is 2.86 bits per heavy atom. The quantitative estimate of drug-likeness (QED) is 0.426. The van der Waals surface area contributed by atoms with Crippen molar-refractivity contribution < 1.29 is 14.3 Å². The first kappa shape index (κ1) is 22.9. The zero-order chi connectivity index (χ0) is 21.6. The van der Waals surface area contributed by atoms with Crippen molar-refractivity contribution in [2.45, 2.75) is 31.3 Å². The van der Waals surface area contributed by atoms with Gasteiger partial charge in [-0.15, -0.1) is 0 Å². The van der Waals surface area contributed by atoms with Gasteiger partial charge >= 0.3 is 0 Å². The highest BCUT2D eigenvalue weighted by atomic mass is 35.5. The molecule has 0 radical (unpaired) electrons. The fourth-order valence-corrected chi connectivity index (χ4v) is 3.24. The van der Waals surface area contributed by atoms with Crippen molar-refractivity contribution in [3.8, 4) is 0 Å². The molecule has 1 heterocycles. The smallest absolute Gasteiger partial charge is 0.240 e. The largest absolute Gasteiger partial charge is 0.495 e. The molecule has 1 aliphatic heterocycles. The number of carbonyl (C=O) groups excluding carboxylic acids is 1. The number of guanidine groups is 1. The van der Waals surface area contributed by atoms with Crippen molar-refractivity contribution in [3.05, 3.63) is 28.0 Å². The molecule has 0 bridgehead atoms. The van der Waals surface area contributed by atoms with Crippen molar-refractivity contribution in [1.29, 1.82) is 0 Å². The molecule has 0 spiro atoms. The molecule has 1 unspecified atom stereocenters. The molecule has 2 aliphatic rings. The number of nitrogens with two attached hydrogens (primary N) is 2. The van der Waals surface area contributed by atoms with E-state index in [-0.39, 0.29) is 17.8 Å². The summed E-state index contributed by atoms with van der Waals surface area (Å²) in [6.07, 6.45) is 3.44. The van der Waals surface area contributed by atoms with Crippen LogP contribution in [-0.2, 0) is 14.3 Å². The molecule has 2 rings (SSSR count). The topological polar surface area (TPSA) is 150 Å². The molecular weight excluding hydrogens is 398 g/mol. The van der Waals surface area contributed by atoms with Gasteiger partial charge in [0.05, 0.1) is 24.6 Å². The van der Waals surface area contributed by atoms with E-state index < -0.39 is 11.9 Å². The summed E-state index contributed by atoms with van der Waals surface area (Å²) >= 11 is 6.12. The normalized spacial score (nSPS) is 22.8. The molecule has 5 N–H and O–H groups in total. The molecule has 1 aliphatic carbocycles. The fourth-order valence-electron chi connectivity index (χ4n) is 3.01. The Morgan fingerprint density at radius 1 is 1.52 bits per heavy atom. The number of hydrogen-bond acceptors (Lipinski definition) is 5. The van der Waals surface area contributed by atoms with E-state index in [4.69, 9.17) is 32.5 Å². The van der Waals surface area contributed by atoms with Crippen molar-refractivity contribution in [3.63, 3.8) is 0 Å². The third-order valence-electron chi connectivity index (χ3n) is 4.76. The average Bonchev–Trinajstić information content (AvgIpc) is 2.73. The number of rotatable bonds is 5. The highest BCUT2D eigenvalue weighted by Crippen LogP contribution is 2.26. The van der Waals surface area contributed by atoms with Gasteiger partial charge in [-0.1, -0.05) is 11.6 Å². The first-order valence-corrected chi connectivity index (χ1v) is 9.52. The molecule has 0 aromatic heterocycles. The number of hydrogen-bond donors (Lipinski definition) is 3. The molecule has 0 saturated carbocycles. The summed E-state index contributed by atoms with van der Waals surface area (Å²) in [6, 6.07) is -1.42. The van der Waals surface area contributed by atoms with Gasteiger partial charge in [-0.25, -0.2) is 0 Å². The monoisotopic (exact) mass is 424 g/mol. The van der Waals surface area contributed by atoms with E-state index in [1.807, 2.05) is 0 Å². The lowest BCUT2D eigenvalue weighted by atomic mass is 10.1. The summed E-state index contributed by atoms with van der Waals surface area (Å²) in [6.45, 7) is 0.922. The zero-order valence-electron chi connectivity index (χ0n) is 16.8. The van der Waals surface area contributed by atoms with Gasteiger partial charge in [-0.05, 0) is 26.3 Å². The van der Waals surface area contributed by atoms with Crippen molar-refractivity contribution in [2.24, 2.45) is 21.5 Å².